The molecule has 1 aromatic heterocycles. The molecule has 1 heteroatoms. The first-order valence-corrected chi connectivity index (χ1v) is 18.5. The first kappa shape index (κ1) is 28.3. The van der Waals surface area contributed by atoms with Gasteiger partial charge in [0.1, 0.15) is 0 Å². The summed E-state index contributed by atoms with van der Waals surface area (Å²) in [5.41, 5.74) is 19.6. The van der Waals surface area contributed by atoms with Crippen molar-refractivity contribution < 1.29 is 0 Å². The van der Waals surface area contributed by atoms with E-state index in [4.69, 9.17) is 0 Å². The van der Waals surface area contributed by atoms with E-state index in [2.05, 4.69) is 181 Å². The van der Waals surface area contributed by atoms with Crippen LogP contribution in [0.1, 0.15) is 39.8 Å². The van der Waals surface area contributed by atoms with Crippen LogP contribution in [0.3, 0.4) is 0 Å². The van der Waals surface area contributed by atoms with Gasteiger partial charge < -0.3 is 4.57 Å². The Labute approximate surface area is 302 Å². The molecular weight excluding hydrogens is 627 g/mol. The molecule has 12 rings (SSSR count). The van der Waals surface area contributed by atoms with Crippen LogP contribution in [0.4, 0.5) is 0 Å². The Bertz CT molecular complexity index is 2940. The van der Waals surface area contributed by atoms with Gasteiger partial charge in [0.15, 0.2) is 0 Å². The fraction of sp³-hybridized carbons (Fsp3) is 0.0588. The molecule has 0 unspecified atom stereocenters. The third kappa shape index (κ3) is 3.53. The van der Waals surface area contributed by atoms with Crippen molar-refractivity contribution in [3.05, 3.63) is 203 Å². The van der Waals surface area contributed by atoms with Gasteiger partial charge in [-0.05, 0) is 121 Å². The Balaban J connectivity index is 1.05. The first-order chi connectivity index (χ1) is 25.8. The smallest absolute Gasteiger partial charge is 0.0725 e. The van der Waals surface area contributed by atoms with Crippen LogP contribution in [0.2, 0.25) is 0 Å². The fourth-order valence-corrected chi connectivity index (χ4v) is 10.2. The number of nitrogens with zero attached hydrogens (tertiary/aromatic N) is 1. The third-order valence-electron chi connectivity index (χ3n) is 12.3. The van der Waals surface area contributed by atoms with E-state index >= 15 is 0 Å². The summed E-state index contributed by atoms with van der Waals surface area (Å²) < 4.78 is 2.49. The van der Waals surface area contributed by atoms with Gasteiger partial charge in [-0.25, -0.2) is 0 Å². The van der Waals surface area contributed by atoms with Crippen LogP contribution in [-0.2, 0) is 11.8 Å². The van der Waals surface area contributed by atoms with Gasteiger partial charge >= 0.3 is 0 Å². The molecule has 8 aromatic carbocycles. The van der Waals surface area contributed by atoms with Crippen LogP contribution >= 0.6 is 0 Å². The standard InChI is InChI=1S/C51H33N/c1-3-13-37-33(11-1)24-29-47-49(37)50-38-14-4-2-12-34(38)25-30-48(50)52(47)36-26-21-32(22-27-36)35-23-28-42-41-17-7-10-20-45(41)51(46(42)31-35)43-18-8-5-15-39(43)40-16-6-9-19-44(40)51/h1-3,5-13,15-31H,4,14H2. The summed E-state index contributed by atoms with van der Waals surface area (Å²) in [5.74, 6) is 0. The lowest BCUT2D eigenvalue weighted by molar-refractivity contribution is 0.794. The number of rotatable bonds is 2. The Morgan fingerprint density at radius 3 is 1.79 bits per heavy atom. The number of benzene rings is 8. The topological polar surface area (TPSA) is 4.93 Å². The summed E-state index contributed by atoms with van der Waals surface area (Å²) >= 11 is 0. The normalized spacial score (nSPS) is 14.5. The lowest BCUT2D eigenvalue weighted by atomic mass is 9.70. The Hall–Kier alpha value is -6.44. The molecule has 0 aliphatic heterocycles. The molecule has 0 saturated heterocycles. The summed E-state index contributed by atoms with van der Waals surface area (Å²) in [4.78, 5) is 0. The molecule has 0 N–H and O–H groups in total. The van der Waals surface area contributed by atoms with Gasteiger partial charge in [-0.2, -0.15) is 0 Å². The second-order valence-corrected chi connectivity index (χ2v) is 14.7. The second-order valence-electron chi connectivity index (χ2n) is 14.7. The van der Waals surface area contributed by atoms with Gasteiger partial charge in [0.05, 0.1) is 16.4 Å². The molecule has 3 aliphatic carbocycles. The maximum Gasteiger partial charge on any atom is 0.0725 e. The molecule has 0 radical (unpaired) electrons. The molecule has 1 heterocycles. The molecule has 0 amide bonds. The quantitative estimate of drug-likeness (QED) is 0.174. The predicted octanol–water partition coefficient (Wildman–Crippen LogP) is 12.9. The van der Waals surface area contributed by atoms with Crippen molar-refractivity contribution in [3.8, 4) is 39.1 Å². The zero-order chi connectivity index (χ0) is 34.0. The minimum Gasteiger partial charge on any atom is -0.309 e. The van der Waals surface area contributed by atoms with Crippen LogP contribution in [-0.4, -0.2) is 4.57 Å². The summed E-state index contributed by atoms with van der Waals surface area (Å²) in [6, 6.07) is 61.7. The zero-order valence-electron chi connectivity index (χ0n) is 28.6. The summed E-state index contributed by atoms with van der Waals surface area (Å²) in [7, 11) is 0. The van der Waals surface area contributed by atoms with E-state index in [0.29, 0.717) is 0 Å². The van der Waals surface area contributed by atoms with E-state index in [9.17, 15) is 0 Å². The van der Waals surface area contributed by atoms with Crippen molar-refractivity contribution in [1.82, 2.24) is 4.57 Å². The second kappa shape index (κ2) is 10.3. The highest BCUT2D eigenvalue weighted by atomic mass is 15.0. The largest absolute Gasteiger partial charge is 0.309 e. The summed E-state index contributed by atoms with van der Waals surface area (Å²) in [5, 5.41) is 5.38. The maximum atomic E-state index is 2.49. The van der Waals surface area contributed by atoms with Gasteiger partial charge in [-0.3, -0.25) is 0 Å². The van der Waals surface area contributed by atoms with E-state index in [-0.39, 0.29) is 5.41 Å². The van der Waals surface area contributed by atoms with E-state index in [0.717, 1.165) is 12.8 Å². The van der Waals surface area contributed by atoms with Gasteiger partial charge in [0, 0.05) is 16.5 Å². The highest BCUT2D eigenvalue weighted by Crippen LogP contribution is 2.63. The Morgan fingerprint density at radius 1 is 0.462 bits per heavy atom. The molecule has 0 saturated carbocycles. The Morgan fingerprint density at radius 2 is 1.06 bits per heavy atom. The van der Waals surface area contributed by atoms with Crippen LogP contribution < -0.4 is 0 Å². The van der Waals surface area contributed by atoms with Gasteiger partial charge in [-0.1, -0.05) is 146 Å². The van der Waals surface area contributed by atoms with Crippen molar-refractivity contribution in [1.29, 1.82) is 0 Å². The first-order valence-electron chi connectivity index (χ1n) is 18.5. The van der Waals surface area contributed by atoms with Gasteiger partial charge in [0.25, 0.3) is 0 Å². The molecule has 9 aromatic rings. The van der Waals surface area contributed by atoms with Gasteiger partial charge in [-0.15, -0.1) is 0 Å². The highest BCUT2D eigenvalue weighted by molar-refractivity contribution is 6.22. The number of allylic oxidation sites excluding steroid dienone is 1. The minimum absolute atomic E-state index is 0.338. The summed E-state index contributed by atoms with van der Waals surface area (Å²) in [6.45, 7) is 0. The van der Waals surface area contributed by atoms with E-state index in [1.54, 1.807) is 0 Å². The fourth-order valence-electron chi connectivity index (χ4n) is 10.2. The number of aromatic nitrogens is 1. The molecule has 0 fully saturated rings. The molecule has 1 nitrogen and oxygen atoms in total. The molecule has 3 aliphatic rings. The van der Waals surface area contributed by atoms with E-state index in [1.165, 1.54) is 105 Å². The monoisotopic (exact) mass is 659 g/mol. The minimum atomic E-state index is -0.338. The number of fused-ring (bicyclic) bond motifs is 17. The van der Waals surface area contributed by atoms with Crippen LogP contribution in [0.15, 0.2) is 170 Å². The molecule has 52 heavy (non-hydrogen) atoms. The van der Waals surface area contributed by atoms with Crippen molar-refractivity contribution >= 4 is 38.7 Å². The van der Waals surface area contributed by atoms with E-state index < -0.39 is 0 Å². The van der Waals surface area contributed by atoms with Crippen LogP contribution in [0.5, 0.6) is 0 Å². The molecule has 0 atom stereocenters. The molecule has 0 bridgehead atoms. The third-order valence-corrected chi connectivity index (χ3v) is 12.3. The maximum absolute atomic E-state index is 2.49. The van der Waals surface area contributed by atoms with Crippen LogP contribution in [0, 0.1) is 0 Å². The Kier molecular flexibility index (Phi) is 5.61. The van der Waals surface area contributed by atoms with Crippen LogP contribution in [0.25, 0.3) is 77.7 Å². The highest BCUT2D eigenvalue weighted by Gasteiger charge is 2.51. The zero-order valence-corrected chi connectivity index (χ0v) is 28.6. The average molecular weight is 660 g/mol. The lowest BCUT2D eigenvalue weighted by Gasteiger charge is -2.30. The van der Waals surface area contributed by atoms with Gasteiger partial charge in [0.2, 0.25) is 0 Å². The lowest BCUT2D eigenvalue weighted by Crippen LogP contribution is -2.25. The number of hydrogen-bond acceptors (Lipinski definition) is 0. The average Bonchev–Trinajstić information content (AvgIpc) is 3.83. The molecule has 1 spiro atoms. The molecular formula is C51H33N. The van der Waals surface area contributed by atoms with Crippen molar-refractivity contribution in [3.63, 3.8) is 0 Å². The number of aryl methyl sites for hydroxylation is 1. The van der Waals surface area contributed by atoms with E-state index in [1.807, 2.05) is 0 Å². The van der Waals surface area contributed by atoms with Crippen molar-refractivity contribution in [2.75, 3.05) is 0 Å². The number of hydrogen-bond donors (Lipinski definition) is 0. The van der Waals surface area contributed by atoms with Crippen molar-refractivity contribution in [2.24, 2.45) is 0 Å². The van der Waals surface area contributed by atoms with Crippen molar-refractivity contribution in [2.45, 2.75) is 18.3 Å². The molecule has 242 valence electrons. The SMILES string of the molecule is C1=Cc2ccc3c(c2CC1)c1c2ccccc2ccc1n3-c1ccc(-c2ccc3c(c2)C2(c4ccccc4-c4ccccc42)c2ccccc2-3)cc1. The summed E-state index contributed by atoms with van der Waals surface area (Å²) in [6.07, 6.45) is 6.78. The predicted molar refractivity (Wildman–Crippen MR) is 217 cm³/mol.